The van der Waals surface area contributed by atoms with Crippen LogP contribution >= 0.6 is 0 Å². The molecule has 0 aliphatic heterocycles. The summed E-state index contributed by atoms with van der Waals surface area (Å²) >= 11 is 0. The number of ether oxygens (including phenoxy) is 1. The van der Waals surface area contributed by atoms with Crippen LogP contribution in [0.15, 0.2) is 24.3 Å². The monoisotopic (exact) mass is 246 g/mol. The van der Waals surface area contributed by atoms with Crippen LogP contribution in [0.3, 0.4) is 0 Å². The van der Waals surface area contributed by atoms with E-state index in [9.17, 15) is 14.4 Å². The van der Waals surface area contributed by atoms with Crippen molar-refractivity contribution in [2.24, 2.45) is 0 Å². The van der Waals surface area contributed by atoms with E-state index in [1.54, 1.807) is 24.3 Å². The smallest absolute Gasteiger partial charge is 0.243 e. The SMILES string of the molecule is [B]C(=O)OCc1ccc(NC(=O)CNC=O)cc1. The van der Waals surface area contributed by atoms with Crippen molar-refractivity contribution in [3.63, 3.8) is 0 Å². The lowest BCUT2D eigenvalue weighted by atomic mass is 10.2. The quantitative estimate of drug-likeness (QED) is 0.553. The first-order chi connectivity index (χ1) is 8.61. The lowest BCUT2D eigenvalue weighted by Gasteiger charge is -2.06. The molecule has 0 aromatic heterocycles. The Kier molecular flexibility index (Phi) is 5.43. The molecular formula is C11H11BN2O4. The number of carbonyl (C=O) groups is 3. The van der Waals surface area contributed by atoms with Crippen molar-refractivity contribution in [1.82, 2.24) is 5.32 Å². The average Bonchev–Trinajstić information content (AvgIpc) is 2.35. The van der Waals surface area contributed by atoms with E-state index < -0.39 is 5.87 Å². The minimum absolute atomic E-state index is 0.0796. The molecule has 2 radical (unpaired) electrons. The van der Waals surface area contributed by atoms with Crippen LogP contribution in [0, 0.1) is 0 Å². The Morgan fingerprint density at radius 3 is 2.50 bits per heavy atom. The van der Waals surface area contributed by atoms with Crippen molar-refractivity contribution < 1.29 is 19.1 Å². The fourth-order valence-corrected chi connectivity index (χ4v) is 1.18. The van der Waals surface area contributed by atoms with Gasteiger partial charge in [-0.25, -0.2) is 0 Å². The molecule has 0 unspecified atom stereocenters. The van der Waals surface area contributed by atoms with E-state index in [0.29, 0.717) is 12.1 Å². The maximum atomic E-state index is 11.3. The summed E-state index contributed by atoms with van der Waals surface area (Å²) in [7, 11) is 4.83. The molecule has 2 amide bonds. The summed E-state index contributed by atoms with van der Waals surface area (Å²) in [4.78, 5) is 31.6. The van der Waals surface area contributed by atoms with E-state index in [-0.39, 0.29) is 19.1 Å². The first kappa shape index (κ1) is 13.8. The van der Waals surface area contributed by atoms with Crippen molar-refractivity contribution in [3.8, 4) is 0 Å². The summed E-state index contributed by atoms with van der Waals surface area (Å²) in [5.74, 6) is -1.17. The van der Waals surface area contributed by atoms with E-state index in [1.165, 1.54) is 0 Å². The molecule has 7 heteroatoms. The second-order valence-corrected chi connectivity index (χ2v) is 3.35. The summed E-state index contributed by atoms with van der Waals surface area (Å²) in [5, 5.41) is 4.82. The van der Waals surface area contributed by atoms with Gasteiger partial charge in [0.15, 0.2) is 0 Å². The molecule has 0 saturated heterocycles. The summed E-state index contributed by atoms with van der Waals surface area (Å²) in [5.41, 5.74) is 1.33. The van der Waals surface area contributed by atoms with Crippen molar-refractivity contribution >= 4 is 31.7 Å². The number of amides is 2. The van der Waals surface area contributed by atoms with Crippen molar-refractivity contribution in [3.05, 3.63) is 29.8 Å². The van der Waals surface area contributed by atoms with E-state index in [0.717, 1.165) is 5.56 Å². The number of hydrogen-bond acceptors (Lipinski definition) is 4. The lowest BCUT2D eigenvalue weighted by Crippen LogP contribution is -2.26. The topological polar surface area (TPSA) is 84.5 Å². The molecular weight excluding hydrogens is 235 g/mol. The van der Waals surface area contributed by atoms with E-state index >= 15 is 0 Å². The van der Waals surface area contributed by atoms with Crippen LogP contribution in [0.4, 0.5) is 10.5 Å². The highest BCUT2D eigenvalue weighted by Gasteiger charge is 2.01. The first-order valence-electron chi connectivity index (χ1n) is 5.10. The molecule has 6 nitrogen and oxygen atoms in total. The van der Waals surface area contributed by atoms with Crippen LogP contribution in [0.5, 0.6) is 0 Å². The Bertz CT molecular complexity index is 433. The normalized spacial score (nSPS) is 9.33. The van der Waals surface area contributed by atoms with E-state index in [1.807, 2.05) is 0 Å². The van der Waals surface area contributed by atoms with Gasteiger partial charge < -0.3 is 15.4 Å². The van der Waals surface area contributed by atoms with Gasteiger partial charge >= 0.3 is 0 Å². The molecule has 0 aliphatic carbocycles. The highest BCUT2D eigenvalue weighted by Crippen LogP contribution is 2.10. The van der Waals surface area contributed by atoms with Crippen LogP contribution < -0.4 is 10.6 Å². The highest BCUT2D eigenvalue weighted by molar-refractivity contribution is 6.55. The predicted octanol–water partition coefficient (Wildman–Crippen LogP) is 0.176. The minimum Gasteiger partial charge on any atom is -0.470 e. The molecule has 0 saturated carbocycles. The summed E-state index contributed by atoms with van der Waals surface area (Å²) in [6.07, 6.45) is 0.448. The Balaban J connectivity index is 2.46. The third kappa shape index (κ3) is 5.15. The van der Waals surface area contributed by atoms with Gasteiger partial charge in [-0.15, -0.1) is 0 Å². The third-order valence-corrected chi connectivity index (χ3v) is 1.96. The minimum atomic E-state index is -0.840. The molecule has 18 heavy (non-hydrogen) atoms. The van der Waals surface area contributed by atoms with E-state index in [2.05, 4.69) is 15.4 Å². The number of rotatable bonds is 6. The van der Waals surface area contributed by atoms with Gasteiger partial charge in [0.2, 0.25) is 26.0 Å². The Labute approximate surface area is 105 Å². The zero-order valence-electron chi connectivity index (χ0n) is 9.51. The van der Waals surface area contributed by atoms with Crippen LogP contribution in [0.1, 0.15) is 5.56 Å². The second-order valence-electron chi connectivity index (χ2n) is 3.35. The number of carbonyl (C=O) groups excluding carboxylic acids is 3. The van der Waals surface area contributed by atoms with Crippen molar-refractivity contribution in [2.45, 2.75) is 6.61 Å². The maximum absolute atomic E-state index is 11.3. The van der Waals surface area contributed by atoms with Crippen LogP contribution in [0.2, 0.25) is 0 Å². The predicted molar refractivity (Wildman–Crippen MR) is 65.1 cm³/mol. The molecule has 1 aromatic rings. The van der Waals surface area contributed by atoms with Gasteiger partial charge in [0.1, 0.15) is 6.61 Å². The fraction of sp³-hybridized carbons (Fsp3) is 0.182. The van der Waals surface area contributed by atoms with Gasteiger partial charge in [0, 0.05) is 5.69 Å². The number of nitrogens with one attached hydrogen (secondary N) is 2. The zero-order chi connectivity index (χ0) is 13.4. The summed E-state index contributed by atoms with van der Waals surface area (Å²) in [6.45, 7) is -0.00764. The molecule has 2 N–H and O–H groups in total. The molecule has 0 atom stereocenters. The number of anilines is 1. The molecule has 1 aromatic carbocycles. The Morgan fingerprint density at radius 1 is 1.28 bits per heavy atom. The largest absolute Gasteiger partial charge is 0.470 e. The number of hydrogen-bond donors (Lipinski definition) is 2. The summed E-state index contributed by atoms with van der Waals surface area (Å²) < 4.78 is 4.60. The third-order valence-electron chi connectivity index (χ3n) is 1.96. The number of benzene rings is 1. The van der Waals surface area contributed by atoms with Crippen molar-refractivity contribution in [2.75, 3.05) is 11.9 Å². The lowest BCUT2D eigenvalue weighted by molar-refractivity contribution is -0.118. The van der Waals surface area contributed by atoms with Gasteiger partial charge in [-0.1, -0.05) is 12.1 Å². The molecule has 1 rings (SSSR count). The van der Waals surface area contributed by atoms with Gasteiger partial charge in [-0.3, -0.25) is 14.4 Å². The summed E-state index contributed by atoms with van der Waals surface area (Å²) in [6, 6.07) is 6.68. The van der Waals surface area contributed by atoms with Gasteiger partial charge in [0.05, 0.1) is 6.54 Å². The Hall–Kier alpha value is -2.31. The van der Waals surface area contributed by atoms with Gasteiger partial charge in [-0.05, 0) is 17.7 Å². The fourth-order valence-electron chi connectivity index (χ4n) is 1.18. The molecule has 0 bridgehead atoms. The maximum Gasteiger partial charge on any atom is 0.243 e. The van der Waals surface area contributed by atoms with Crippen LogP contribution in [-0.2, 0) is 20.9 Å². The molecule has 92 valence electrons. The average molecular weight is 246 g/mol. The first-order valence-corrected chi connectivity index (χ1v) is 5.10. The zero-order valence-corrected chi connectivity index (χ0v) is 9.51. The highest BCUT2D eigenvalue weighted by atomic mass is 16.5. The molecule has 0 fully saturated rings. The van der Waals surface area contributed by atoms with Crippen molar-refractivity contribution in [1.29, 1.82) is 0 Å². The Morgan fingerprint density at radius 2 is 1.94 bits per heavy atom. The molecule has 0 aliphatic rings. The molecule has 0 heterocycles. The van der Waals surface area contributed by atoms with E-state index in [4.69, 9.17) is 7.85 Å². The standard InChI is InChI=1S/C11H11BN2O4/c12-11(17)18-6-8-1-3-9(4-2-8)14-10(16)5-13-7-15/h1-4,7H,5-6H2,(H,13,15)(H,14,16). The molecule has 0 spiro atoms. The van der Waals surface area contributed by atoms with Gasteiger partial charge in [-0.2, -0.15) is 0 Å². The van der Waals surface area contributed by atoms with Gasteiger partial charge in [0.25, 0.3) is 0 Å². The second kappa shape index (κ2) is 7.11. The van der Waals surface area contributed by atoms with Crippen LogP contribution in [-0.4, -0.2) is 32.6 Å². The van der Waals surface area contributed by atoms with Crippen LogP contribution in [0.25, 0.3) is 0 Å².